The first-order valence-electron chi connectivity index (χ1n) is 7.89. The summed E-state index contributed by atoms with van der Waals surface area (Å²) >= 11 is 1.58. The maximum Gasteiger partial charge on any atom is 0.246 e. The number of carbonyl (C=O) groups is 1. The Morgan fingerprint density at radius 2 is 2.04 bits per heavy atom. The number of hydrogen-bond acceptors (Lipinski definition) is 5. The minimum Gasteiger partial charge on any atom is -0.364 e. The number of pyridine rings is 1. The van der Waals surface area contributed by atoms with Gasteiger partial charge in [0.1, 0.15) is 17.3 Å². The van der Waals surface area contributed by atoms with Gasteiger partial charge >= 0.3 is 0 Å². The summed E-state index contributed by atoms with van der Waals surface area (Å²) in [7, 11) is 0. The van der Waals surface area contributed by atoms with Crippen molar-refractivity contribution in [3.8, 4) is 0 Å². The van der Waals surface area contributed by atoms with Crippen LogP contribution in [0.25, 0.3) is 15.9 Å². The highest BCUT2D eigenvalue weighted by Crippen LogP contribution is 2.21. The molecule has 0 saturated heterocycles. The molecule has 4 aromatic rings. The van der Waals surface area contributed by atoms with Gasteiger partial charge in [0, 0.05) is 12.4 Å². The summed E-state index contributed by atoms with van der Waals surface area (Å²) in [5.74, 6) is -0.168. The fourth-order valence-electron chi connectivity index (χ4n) is 2.53. The molecule has 1 aromatic carbocycles. The molecule has 0 aliphatic heterocycles. The highest BCUT2D eigenvalue weighted by molar-refractivity contribution is 7.18. The minimum atomic E-state index is -0.168. The number of nitrogens with one attached hydrogen (secondary N) is 1. The van der Waals surface area contributed by atoms with Crippen molar-refractivity contribution in [2.75, 3.05) is 6.61 Å². The molecule has 0 saturated carbocycles. The normalized spacial score (nSPS) is 11.2. The van der Waals surface area contributed by atoms with Crippen LogP contribution in [0.2, 0.25) is 0 Å². The predicted molar refractivity (Wildman–Crippen MR) is 96.3 cm³/mol. The molecule has 0 bridgehead atoms. The number of imidazole rings is 1. The van der Waals surface area contributed by atoms with Gasteiger partial charge in [0.05, 0.1) is 29.1 Å². The number of aromatic nitrogens is 3. The van der Waals surface area contributed by atoms with Crippen LogP contribution >= 0.6 is 11.3 Å². The van der Waals surface area contributed by atoms with E-state index < -0.39 is 0 Å². The average molecular weight is 352 g/mol. The monoisotopic (exact) mass is 352 g/mol. The van der Waals surface area contributed by atoms with Crippen LogP contribution in [0, 0.1) is 0 Å². The zero-order chi connectivity index (χ0) is 17.1. The molecule has 0 unspecified atom stereocenters. The molecule has 126 valence electrons. The first-order chi connectivity index (χ1) is 12.3. The first-order valence-corrected chi connectivity index (χ1v) is 8.71. The van der Waals surface area contributed by atoms with Crippen LogP contribution in [0.1, 0.15) is 10.7 Å². The lowest BCUT2D eigenvalue weighted by Gasteiger charge is -2.03. The zero-order valence-electron chi connectivity index (χ0n) is 13.4. The molecule has 0 atom stereocenters. The molecule has 1 N–H and O–H groups in total. The van der Waals surface area contributed by atoms with E-state index in [1.165, 1.54) is 0 Å². The molecule has 0 radical (unpaired) electrons. The van der Waals surface area contributed by atoms with E-state index >= 15 is 0 Å². The standard InChI is InChI=1S/C18H16N4O2S/c23-17(19-9-13-10-22-8-4-3-7-16(22)20-13)11-24-12-18-21-14-5-1-2-6-15(14)25-18/h1-8,10H,9,11-12H2,(H,19,23). The van der Waals surface area contributed by atoms with E-state index in [-0.39, 0.29) is 12.5 Å². The number of para-hydroxylation sites is 1. The highest BCUT2D eigenvalue weighted by Gasteiger charge is 2.07. The Hall–Kier alpha value is -2.77. The smallest absolute Gasteiger partial charge is 0.246 e. The Balaban J connectivity index is 1.26. The van der Waals surface area contributed by atoms with E-state index in [1.807, 2.05) is 59.3 Å². The second-order valence-corrected chi connectivity index (χ2v) is 6.66. The minimum absolute atomic E-state index is 0.00327. The number of rotatable bonds is 6. The molecule has 0 spiro atoms. The lowest BCUT2D eigenvalue weighted by atomic mass is 10.3. The van der Waals surface area contributed by atoms with E-state index in [2.05, 4.69) is 15.3 Å². The van der Waals surface area contributed by atoms with E-state index in [1.54, 1.807) is 11.3 Å². The number of benzene rings is 1. The van der Waals surface area contributed by atoms with Gasteiger partial charge in [0.25, 0.3) is 0 Å². The van der Waals surface area contributed by atoms with Gasteiger partial charge in [0.2, 0.25) is 5.91 Å². The molecule has 4 rings (SSSR count). The second kappa shape index (κ2) is 7.00. The topological polar surface area (TPSA) is 68.5 Å². The van der Waals surface area contributed by atoms with Crippen molar-refractivity contribution in [2.24, 2.45) is 0 Å². The van der Waals surface area contributed by atoms with Crippen LogP contribution in [-0.4, -0.2) is 26.9 Å². The van der Waals surface area contributed by atoms with Gasteiger partial charge in [-0.25, -0.2) is 9.97 Å². The first kappa shape index (κ1) is 15.7. The number of carbonyl (C=O) groups excluding carboxylic acids is 1. The molecule has 3 aromatic heterocycles. The van der Waals surface area contributed by atoms with Gasteiger partial charge in [-0.15, -0.1) is 11.3 Å². The van der Waals surface area contributed by atoms with Crippen LogP contribution in [0.4, 0.5) is 0 Å². The summed E-state index contributed by atoms with van der Waals surface area (Å²) in [6, 6.07) is 13.7. The summed E-state index contributed by atoms with van der Waals surface area (Å²) in [6.45, 7) is 0.718. The van der Waals surface area contributed by atoms with Crippen LogP contribution in [0.15, 0.2) is 54.9 Å². The van der Waals surface area contributed by atoms with Crippen LogP contribution < -0.4 is 5.32 Å². The highest BCUT2D eigenvalue weighted by atomic mass is 32.1. The molecule has 0 fully saturated rings. The van der Waals surface area contributed by atoms with Crippen molar-refractivity contribution in [1.82, 2.24) is 19.7 Å². The quantitative estimate of drug-likeness (QED) is 0.579. The molecule has 1 amide bonds. The van der Waals surface area contributed by atoms with E-state index in [0.29, 0.717) is 13.2 Å². The Morgan fingerprint density at radius 1 is 1.16 bits per heavy atom. The number of nitrogens with zero attached hydrogens (tertiary/aromatic N) is 3. The second-order valence-electron chi connectivity index (χ2n) is 5.54. The summed E-state index contributed by atoms with van der Waals surface area (Å²) in [5, 5.41) is 3.69. The lowest BCUT2D eigenvalue weighted by Crippen LogP contribution is -2.27. The third kappa shape index (κ3) is 3.67. The SMILES string of the molecule is O=C(COCc1nc2ccccc2s1)NCc1cn2ccccc2n1. The van der Waals surface area contributed by atoms with Crippen molar-refractivity contribution >= 4 is 33.1 Å². The predicted octanol–water partition coefficient (Wildman–Crippen LogP) is 2.78. The fraction of sp³-hybridized carbons (Fsp3) is 0.167. The van der Waals surface area contributed by atoms with Gasteiger partial charge in [-0.3, -0.25) is 4.79 Å². The van der Waals surface area contributed by atoms with Gasteiger partial charge in [-0.2, -0.15) is 0 Å². The summed E-state index contributed by atoms with van der Waals surface area (Å²) in [6.07, 6.45) is 3.83. The van der Waals surface area contributed by atoms with Gasteiger partial charge in [-0.1, -0.05) is 18.2 Å². The molecule has 6 nitrogen and oxygen atoms in total. The zero-order valence-corrected chi connectivity index (χ0v) is 14.2. The lowest BCUT2D eigenvalue weighted by molar-refractivity contribution is -0.126. The van der Waals surface area contributed by atoms with Crippen LogP contribution in [0.3, 0.4) is 0 Å². The summed E-state index contributed by atoms with van der Waals surface area (Å²) in [4.78, 5) is 20.8. The Bertz CT molecular complexity index is 958. The Labute approximate surface area is 148 Å². The summed E-state index contributed by atoms with van der Waals surface area (Å²) in [5.41, 5.74) is 2.63. The maximum absolute atomic E-state index is 11.9. The van der Waals surface area contributed by atoms with E-state index in [0.717, 1.165) is 26.6 Å². The molecular weight excluding hydrogens is 336 g/mol. The number of ether oxygens (including phenoxy) is 1. The molecule has 3 heterocycles. The van der Waals surface area contributed by atoms with E-state index in [4.69, 9.17) is 4.74 Å². The van der Waals surface area contributed by atoms with Gasteiger partial charge < -0.3 is 14.5 Å². The Morgan fingerprint density at radius 3 is 2.92 bits per heavy atom. The number of thiazole rings is 1. The largest absolute Gasteiger partial charge is 0.364 e. The van der Waals surface area contributed by atoms with Crippen molar-refractivity contribution in [3.63, 3.8) is 0 Å². The fourth-order valence-corrected chi connectivity index (χ4v) is 3.43. The van der Waals surface area contributed by atoms with Gasteiger partial charge in [0.15, 0.2) is 0 Å². The van der Waals surface area contributed by atoms with Crippen molar-refractivity contribution in [3.05, 3.63) is 65.6 Å². The Kier molecular flexibility index (Phi) is 4.41. The van der Waals surface area contributed by atoms with Crippen molar-refractivity contribution in [2.45, 2.75) is 13.2 Å². The average Bonchev–Trinajstić information content (AvgIpc) is 3.23. The molecule has 0 aliphatic carbocycles. The number of amides is 1. The van der Waals surface area contributed by atoms with Crippen molar-refractivity contribution in [1.29, 1.82) is 0 Å². The molecule has 0 aliphatic rings. The molecule has 7 heteroatoms. The summed E-state index contributed by atoms with van der Waals surface area (Å²) < 4.78 is 8.51. The van der Waals surface area contributed by atoms with Crippen molar-refractivity contribution < 1.29 is 9.53 Å². The maximum atomic E-state index is 11.9. The number of fused-ring (bicyclic) bond motifs is 2. The molecule has 25 heavy (non-hydrogen) atoms. The van der Waals surface area contributed by atoms with Crippen LogP contribution in [-0.2, 0) is 22.7 Å². The van der Waals surface area contributed by atoms with Gasteiger partial charge in [-0.05, 0) is 24.3 Å². The third-order valence-electron chi connectivity index (χ3n) is 3.68. The van der Waals surface area contributed by atoms with E-state index in [9.17, 15) is 4.79 Å². The molecular formula is C18H16N4O2S. The third-order valence-corrected chi connectivity index (χ3v) is 4.69. The van der Waals surface area contributed by atoms with Crippen LogP contribution in [0.5, 0.6) is 0 Å². The number of hydrogen-bond donors (Lipinski definition) is 1.